The summed E-state index contributed by atoms with van der Waals surface area (Å²) in [4.78, 5) is 18.3. The van der Waals surface area contributed by atoms with Crippen molar-refractivity contribution in [1.82, 2.24) is 4.98 Å². The van der Waals surface area contributed by atoms with E-state index < -0.39 is 0 Å². The zero-order valence-electron chi connectivity index (χ0n) is 13.2. The van der Waals surface area contributed by atoms with Crippen LogP contribution in [0, 0.1) is 0 Å². The minimum atomic E-state index is -0.284. The fraction of sp³-hybridized carbons (Fsp3) is 0. The van der Waals surface area contributed by atoms with Gasteiger partial charge in [0, 0.05) is 26.7 Å². The van der Waals surface area contributed by atoms with E-state index in [1.165, 1.54) is 22.1 Å². The number of carbonyl (C=O) groups is 1. The lowest BCUT2D eigenvalue weighted by Gasteiger charge is -2.04. The Kier molecular flexibility index (Phi) is 3.54. The van der Waals surface area contributed by atoms with Gasteiger partial charge in [0.2, 0.25) is 0 Å². The molecule has 0 spiro atoms. The van der Waals surface area contributed by atoms with Gasteiger partial charge in [-0.2, -0.15) is 0 Å². The highest BCUT2D eigenvalue weighted by molar-refractivity contribution is 7.20. The van der Waals surface area contributed by atoms with Crippen LogP contribution in [0.1, 0.15) is 10.4 Å². The maximum Gasteiger partial charge on any atom is 0.257 e. The number of halogens is 2. The van der Waals surface area contributed by atoms with Gasteiger partial charge in [0.1, 0.15) is 0 Å². The Morgan fingerprint density at radius 3 is 2.38 bits per heavy atom. The number of fused-ring (bicyclic) bond motifs is 3. The quantitative estimate of drug-likeness (QED) is 0.369. The second-order valence-electron chi connectivity index (χ2n) is 6.02. The molecule has 126 valence electrons. The van der Waals surface area contributed by atoms with Crippen molar-refractivity contribution in [3.8, 4) is 21.7 Å². The Hall–Kier alpha value is -2.40. The summed E-state index contributed by atoms with van der Waals surface area (Å²) < 4.78 is 0. The Morgan fingerprint density at radius 1 is 0.962 bits per heavy atom. The SMILES string of the molecule is O=C(Nc1nc2c(s1)-c1cccc3cccc-2c13)c1cc(Cl)cc(Cl)c1. The lowest BCUT2D eigenvalue weighted by Crippen LogP contribution is -2.11. The maximum absolute atomic E-state index is 12.5. The largest absolute Gasteiger partial charge is 0.298 e. The highest BCUT2D eigenvalue weighted by Gasteiger charge is 2.26. The van der Waals surface area contributed by atoms with Gasteiger partial charge in [0.15, 0.2) is 5.13 Å². The smallest absolute Gasteiger partial charge is 0.257 e. The number of hydrogen-bond donors (Lipinski definition) is 1. The van der Waals surface area contributed by atoms with Gasteiger partial charge in [0.05, 0.1) is 10.6 Å². The van der Waals surface area contributed by atoms with E-state index in [0.29, 0.717) is 20.7 Å². The Bertz CT molecular complexity index is 1140. The molecule has 5 rings (SSSR count). The summed E-state index contributed by atoms with van der Waals surface area (Å²) >= 11 is 13.4. The van der Waals surface area contributed by atoms with Crippen molar-refractivity contribution < 1.29 is 4.79 Å². The Labute approximate surface area is 163 Å². The van der Waals surface area contributed by atoms with Crippen molar-refractivity contribution in [2.45, 2.75) is 0 Å². The average molecular weight is 397 g/mol. The van der Waals surface area contributed by atoms with Crippen LogP contribution in [-0.2, 0) is 0 Å². The summed E-state index contributed by atoms with van der Waals surface area (Å²) in [5.74, 6) is -0.284. The summed E-state index contributed by atoms with van der Waals surface area (Å²) in [6, 6.07) is 17.2. The Morgan fingerprint density at radius 2 is 1.65 bits per heavy atom. The first-order valence-electron chi connectivity index (χ1n) is 7.91. The third-order valence-electron chi connectivity index (χ3n) is 4.38. The first-order valence-corrected chi connectivity index (χ1v) is 9.48. The zero-order chi connectivity index (χ0) is 17.8. The van der Waals surface area contributed by atoms with Gasteiger partial charge in [-0.05, 0) is 29.0 Å². The van der Waals surface area contributed by atoms with Gasteiger partial charge in [-0.1, -0.05) is 70.9 Å². The fourth-order valence-corrected chi connectivity index (χ4v) is 4.85. The highest BCUT2D eigenvalue weighted by atomic mass is 35.5. The number of nitrogens with one attached hydrogen (secondary N) is 1. The van der Waals surface area contributed by atoms with Crippen LogP contribution in [0.2, 0.25) is 10.0 Å². The molecule has 3 aromatic carbocycles. The van der Waals surface area contributed by atoms with Gasteiger partial charge >= 0.3 is 0 Å². The third-order valence-corrected chi connectivity index (χ3v) is 5.82. The number of benzene rings is 3. The van der Waals surface area contributed by atoms with Crippen LogP contribution in [0.4, 0.5) is 5.13 Å². The number of rotatable bonds is 2. The van der Waals surface area contributed by atoms with Gasteiger partial charge in [-0.15, -0.1) is 0 Å². The minimum absolute atomic E-state index is 0.284. The van der Waals surface area contributed by atoms with Crippen LogP contribution in [0.15, 0.2) is 54.6 Å². The normalized spacial score (nSPS) is 11.6. The van der Waals surface area contributed by atoms with Crippen LogP contribution in [0.25, 0.3) is 32.5 Å². The van der Waals surface area contributed by atoms with Crippen molar-refractivity contribution >= 4 is 56.3 Å². The van der Waals surface area contributed by atoms with E-state index in [-0.39, 0.29) is 5.91 Å². The molecule has 26 heavy (non-hydrogen) atoms. The summed E-state index contributed by atoms with van der Waals surface area (Å²) in [5.41, 5.74) is 3.59. The summed E-state index contributed by atoms with van der Waals surface area (Å²) in [7, 11) is 0. The molecule has 0 fully saturated rings. The molecule has 0 unspecified atom stereocenters. The lowest BCUT2D eigenvalue weighted by molar-refractivity contribution is 0.102. The summed E-state index contributed by atoms with van der Waals surface area (Å²) in [6.07, 6.45) is 0. The molecule has 0 saturated carbocycles. The van der Waals surface area contributed by atoms with Crippen LogP contribution >= 0.6 is 34.5 Å². The zero-order valence-corrected chi connectivity index (χ0v) is 15.5. The number of thiazole rings is 1. The Balaban J connectivity index is 1.53. The fourth-order valence-electron chi connectivity index (χ4n) is 3.32. The van der Waals surface area contributed by atoms with Crippen molar-refractivity contribution in [2.75, 3.05) is 5.32 Å². The molecule has 0 aliphatic heterocycles. The summed E-state index contributed by atoms with van der Waals surface area (Å²) in [5, 5.41) is 6.68. The molecular weight excluding hydrogens is 387 g/mol. The van der Waals surface area contributed by atoms with Crippen molar-refractivity contribution in [3.05, 3.63) is 70.2 Å². The molecule has 0 saturated heterocycles. The van der Waals surface area contributed by atoms with E-state index in [9.17, 15) is 4.79 Å². The predicted molar refractivity (Wildman–Crippen MR) is 108 cm³/mol. The van der Waals surface area contributed by atoms with Crippen LogP contribution in [0.3, 0.4) is 0 Å². The van der Waals surface area contributed by atoms with Crippen molar-refractivity contribution in [2.24, 2.45) is 0 Å². The number of aromatic nitrogens is 1. The van der Waals surface area contributed by atoms with Gasteiger partial charge < -0.3 is 0 Å². The average Bonchev–Trinajstić information content (AvgIpc) is 3.14. The maximum atomic E-state index is 12.5. The molecule has 1 N–H and O–H groups in total. The first-order chi connectivity index (χ1) is 12.6. The van der Waals surface area contributed by atoms with Gasteiger partial charge in [-0.25, -0.2) is 4.98 Å². The molecule has 0 bridgehead atoms. The van der Waals surface area contributed by atoms with E-state index in [0.717, 1.165) is 21.7 Å². The van der Waals surface area contributed by atoms with Crippen molar-refractivity contribution in [3.63, 3.8) is 0 Å². The first kappa shape index (κ1) is 15.8. The monoisotopic (exact) mass is 396 g/mol. The second kappa shape index (κ2) is 5.81. The van der Waals surface area contributed by atoms with Gasteiger partial charge in [0.25, 0.3) is 5.91 Å². The van der Waals surface area contributed by atoms with Crippen LogP contribution < -0.4 is 5.32 Å². The van der Waals surface area contributed by atoms with Crippen LogP contribution in [-0.4, -0.2) is 10.9 Å². The number of anilines is 1. The minimum Gasteiger partial charge on any atom is -0.298 e. The number of amides is 1. The lowest BCUT2D eigenvalue weighted by atomic mass is 10.0. The highest BCUT2D eigenvalue weighted by Crippen LogP contribution is 2.50. The molecule has 1 amide bonds. The van der Waals surface area contributed by atoms with Crippen molar-refractivity contribution in [1.29, 1.82) is 0 Å². The molecule has 0 radical (unpaired) electrons. The molecule has 3 nitrogen and oxygen atoms in total. The number of nitrogens with zero attached hydrogens (tertiary/aromatic N) is 1. The van der Waals surface area contributed by atoms with E-state index >= 15 is 0 Å². The third kappa shape index (κ3) is 2.42. The number of carbonyl (C=O) groups excluding carboxylic acids is 1. The van der Waals surface area contributed by atoms with Crippen LogP contribution in [0.5, 0.6) is 0 Å². The molecule has 6 heteroatoms. The van der Waals surface area contributed by atoms with E-state index in [1.54, 1.807) is 18.2 Å². The topological polar surface area (TPSA) is 42.0 Å². The number of hydrogen-bond acceptors (Lipinski definition) is 3. The predicted octanol–water partition coefficient (Wildman–Crippen LogP) is 6.50. The molecule has 4 aromatic rings. The molecular formula is C20H10Cl2N2OS. The standard InChI is InChI=1S/C20H10Cl2N2OS/c21-12-7-11(8-13(22)9-12)19(25)24-20-23-17-14-5-1-3-10-4-2-6-15(16(10)14)18(17)26-20/h1-9H,(H,23,24,25). The second-order valence-corrected chi connectivity index (χ2v) is 7.89. The molecule has 1 aliphatic rings. The molecule has 1 aromatic heterocycles. The van der Waals surface area contributed by atoms with E-state index in [2.05, 4.69) is 34.6 Å². The molecule has 1 heterocycles. The molecule has 1 aliphatic carbocycles. The summed E-state index contributed by atoms with van der Waals surface area (Å²) in [6.45, 7) is 0. The van der Waals surface area contributed by atoms with E-state index in [1.807, 2.05) is 12.1 Å². The van der Waals surface area contributed by atoms with Gasteiger partial charge in [-0.3, -0.25) is 10.1 Å². The van der Waals surface area contributed by atoms with E-state index in [4.69, 9.17) is 23.2 Å². The molecule has 0 atom stereocenters.